The first-order valence-electron chi connectivity index (χ1n) is 8.74. The van der Waals surface area contributed by atoms with E-state index >= 15 is 0 Å². The van der Waals surface area contributed by atoms with E-state index in [-0.39, 0.29) is 12.3 Å². The Morgan fingerprint density at radius 2 is 2.12 bits per heavy atom. The van der Waals surface area contributed by atoms with Crippen molar-refractivity contribution in [3.63, 3.8) is 0 Å². The van der Waals surface area contributed by atoms with Crippen molar-refractivity contribution in [3.8, 4) is 0 Å². The molecule has 1 amide bonds. The van der Waals surface area contributed by atoms with E-state index in [9.17, 15) is 9.82 Å². The highest BCUT2D eigenvalue weighted by Crippen LogP contribution is 2.18. The second-order valence-corrected chi connectivity index (χ2v) is 6.52. The number of benzene rings is 2. The molecule has 2 N–H and O–H groups in total. The summed E-state index contributed by atoms with van der Waals surface area (Å²) in [6.45, 7) is 0.545. The molecule has 0 saturated heterocycles. The molecule has 2 aromatic carbocycles. The Bertz CT molecular complexity index is 961. The minimum atomic E-state index is -0.912. The van der Waals surface area contributed by atoms with E-state index < -0.39 is 7.12 Å². The molecule has 0 unspecified atom stereocenters. The molecule has 0 saturated carbocycles. The van der Waals surface area contributed by atoms with Crippen LogP contribution in [0.25, 0.3) is 10.8 Å². The summed E-state index contributed by atoms with van der Waals surface area (Å²) < 4.78 is 5.38. The van der Waals surface area contributed by atoms with Gasteiger partial charge in [-0.2, -0.15) is 0 Å². The summed E-state index contributed by atoms with van der Waals surface area (Å²) in [5.41, 5.74) is 3.47. The first kappa shape index (κ1) is 16.8. The smallest absolute Gasteiger partial charge is 0.423 e. The van der Waals surface area contributed by atoms with Crippen LogP contribution in [0.2, 0.25) is 0 Å². The number of hydrogen-bond donors (Lipinski definition) is 2. The maximum absolute atomic E-state index is 12.4. The standard InChI is InChI=1S/C20H19BN2O3/c24-20(23-18-6-5-17-13-22-8-7-16(17)12-18)11-14-3-4-15-2-1-9-26-21(25)19(15)10-14/h3-8,10,12-13,25H,1-2,9,11H2,(H,23,24). The van der Waals surface area contributed by atoms with E-state index in [1.54, 1.807) is 12.4 Å². The van der Waals surface area contributed by atoms with Crippen LogP contribution in [-0.2, 0) is 22.3 Å². The van der Waals surface area contributed by atoms with Gasteiger partial charge in [-0.05, 0) is 53.0 Å². The van der Waals surface area contributed by atoms with Crippen LogP contribution < -0.4 is 10.8 Å². The number of pyridine rings is 1. The first-order valence-corrected chi connectivity index (χ1v) is 8.74. The monoisotopic (exact) mass is 346 g/mol. The van der Waals surface area contributed by atoms with Crippen LogP contribution >= 0.6 is 0 Å². The summed E-state index contributed by atoms with van der Waals surface area (Å²) in [6.07, 6.45) is 5.54. The average Bonchev–Trinajstić information content (AvgIpc) is 2.83. The van der Waals surface area contributed by atoms with Crippen LogP contribution in [0.1, 0.15) is 17.5 Å². The quantitative estimate of drug-likeness (QED) is 0.713. The summed E-state index contributed by atoms with van der Waals surface area (Å²) in [5, 5.41) is 15.1. The number of aromatic nitrogens is 1. The minimum Gasteiger partial charge on any atom is -0.423 e. The van der Waals surface area contributed by atoms with Gasteiger partial charge in [0.15, 0.2) is 0 Å². The molecule has 1 aliphatic heterocycles. The minimum absolute atomic E-state index is 0.0950. The number of anilines is 1. The van der Waals surface area contributed by atoms with Crippen molar-refractivity contribution in [1.29, 1.82) is 0 Å². The van der Waals surface area contributed by atoms with E-state index in [0.29, 0.717) is 6.61 Å². The fourth-order valence-corrected chi connectivity index (χ4v) is 3.31. The molecule has 0 radical (unpaired) electrons. The average molecular weight is 346 g/mol. The van der Waals surface area contributed by atoms with Crippen LogP contribution in [-0.4, -0.2) is 29.6 Å². The molecule has 6 heteroatoms. The third-order valence-corrected chi connectivity index (χ3v) is 4.63. The number of aryl methyl sites for hydroxylation is 1. The van der Waals surface area contributed by atoms with Crippen LogP contribution in [0.5, 0.6) is 0 Å². The lowest BCUT2D eigenvalue weighted by molar-refractivity contribution is -0.115. The normalized spacial score (nSPS) is 14.0. The largest absolute Gasteiger partial charge is 0.491 e. The summed E-state index contributed by atoms with van der Waals surface area (Å²) in [7, 11) is -0.912. The number of nitrogens with one attached hydrogen (secondary N) is 1. The van der Waals surface area contributed by atoms with Crippen LogP contribution in [0.15, 0.2) is 54.9 Å². The number of nitrogens with zero attached hydrogens (tertiary/aromatic N) is 1. The molecule has 1 aliphatic rings. The summed E-state index contributed by atoms with van der Waals surface area (Å²) in [4.78, 5) is 16.5. The zero-order chi connectivity index (χ0) is 17.9. The molecule has 4 rings (SSSR count). The lowest BCUT2D eigenvalue weighted by atomic mass is 9.75. The van der Waals surface area contributed by atoms with Gasteiger partial charge in [0.05, 0.1) is 6.42 Å². The molecule has 0 bridgehead atoms. The fourth-order valence-electron chi connectivity index (χ4n) is 3.31. The zero-order valence-electron chi connectivity index (χ0n) is 14.3. The van der Waals surface area contributed by atoms with Gasteiger partial charge in [0.1, 0.15) is 0 Å². The van der Waals surface area contributed by atoms with Gasteiger partial charge in [-0.25, -0.2) is 0 Å². The molecule has 0 aliphatic carbocycles. The maximum Gasteiger partial charge on any atom is 0.491 e. The summed E-state index contributed by atoms with van der Waals surface area (Å²) >= 11 is 0. The van der Waals surface area contributed by atoms with Crippen molar-refractivity contribution in [2.24, 2.45) is 0 Å². The van der Waals surface area contributed by atoms with Crippen molar-refractivity contribution >= 4 is 34.9 Å². The van der Waals surface area contributed by atoms with Gasteiger partial charge in [0, 0.05) is 30.1 Å². The molecule has 5 nitrogen and oxygen atoms in total. The first-order chi connectivity index (χ1) is 12.7. The highest BCUT2D eigenvalue weighted by atomic mass is 16.5. The predicted octanol–water partition coefficient (Wildman–Crippen LogP) is 2.07. The van der Waals surface area contributed by atoms with Crippen molar-refractivity contribution in [3.05, 3.63) is 66.0 Å². The molecule has 26 heavy (non-hydrogen) atoms. The van der Waals surface area contributed by atoms with Crippen molar-refractivity contribution in [2.75, 3.05) is 11.9 Å². The van der Waals surface area contributed by atoms with Crippen molar-refractivity contribution < 1.29 is 14.5 Å². The lowest BCUT2D eigenvalue weighted by Gasteiger charge is -2.11. The number of rotatable bonds is 3. The number of carbonyl (C=O) groups is 1. The number of amides is 1. The SMILES string of the molecule is O=C(Cc1ccc2c(c1)B(O)OCCC2)Nc1ccc2cnccc2c1. The maximum atomic E-state index is 12.4. The number of hydrogen-bond acceptors (Lipinski definition) is 4. The molecule has 1 aromatic heterocycles. The Labute approximate surface area is 152 Å². The predicted molar refractivity (Wildman–Crippen MR) is 102 cm³/mol. The Kier molecular flexibility index (Phi) is 4.69. The molecular weight excluding hydrogens is 327 g/mol. The molecule has 130 valence electrons. The molecular formula is C20H19BN2O3. The molecule has 0 fully saturated rings. The van der Waals surface area contributed by atoms with Gasteiger partial charge >= 0.3 is 7.12 Å². The van der Waals surface area contributed by atoms with Crippen LogP contribution in [0.3, 0.4) is 0 Å². The summed E-state index contributed by atoms with van der Waals surface area (Å²) in [5.74, 6) is -0.0950. The van der Waals surface area contributed by atoms with E-state index in [2.05, 4.69) is 10.3 Å². The van der Waals surface area contributed by atoms with Gasteiger partial charge in [-0.15, -0.1) is 0 Å². The van der Waals surface area contributed by atoms with Crippen LogP contribution in [0, 0.1) is 0 Å². The molecule has 3 aromatic rings. The van der Waals surface area contributed by atoms with Crippen molar-refractivity contribution in [1.82, 2.24) is 4.98 Å². The molecule has 2 heterocycles. The van der Waals surface area contributed by atoms with Gasteiger partial charge < -0.3 is 15.0 Å². The highest BCUT2D eigenvalue weighted by Gasteiger charge is 2.23. The van der Waals surface area contributed by atoms with Crippen molar-refractivity contribution in [2.45, 2.75) is 19.3 Å². The number of carbonyl (C=O) groups excluding carboxylic acids is 1. The third kappa shape index (κ3) is 3.61. The van der Waals surface area contributed by atoms with E-state index in [1.807, 2.05) is 42.5 Å². The highest BCUT2D eigenvalue weighted by molar-refractivity contribution is 6.60. The summed E-state index contributed by atoms with van der Waals surface area (Å²) in [6, 6.07) is 13.5. The van der Waals surface area contributed by atoms with E-state index in [1.165, 1.54) is 0 Å². The topological polar surface area (TPSA) is 71.5 Å². The van der Waals surface area contributed by atoms with E-state index in [0.717, 1.165) is 45.9 Å². The Morgan fingerprint density at radius 1 is 1.19 bits per heavy atom. The Balaban J connectivity index is 1.49. The van der Waals surface area contributed by atoms with Crippen LogP contribution in [0.4, 0.5) is 5.69 Å². The number of fused-ring (bicyclic) bond motifs is 2. The lowest BCUT2D eigenvalue weighted by Crippen LogP contribution is -2.35. The Morgan fingerprint density at radius 3 is 3.04 bits per heavy atom. The Hall–Kier alpha value is -2.70. The third-order valence-electron chi connectivity index (χ3n) is 4.63. The molecule has 0 atom stereocenters. The van der Waals surface area contributed by atoms with Gasteiger partial charge in [0.2, 0.25) is 5.91 Å². The second-order valence-electron chi connectivity index (χ2n) is 6.52. The zero-order valence-corrected chi connectivity index (χ0v) is 14.3. The second kappa shape index (κ2) is 7.27. The molecule has 0 spiro atoms. The van der Waals surface area contributed by atoms with E-state index in [4.69, 9.17) is 4.65 Å². The van der Waals surface area contributed by atoms with Gasteiger partial charge in [-0.1, -0.05) is 24.3 Å². The van der Waals surface area contributed by atoms with Gasteiger partial charge in [-0.3, -0.25) is 9.78 Å². The fraction of sp³-hybridized carbons (Fsp3) is 0.200. The van der Waals surface area contributed by atoms with Gasteiger partial charge in [0.25, 0.3) is 0 Å².